The van der Waals surface area contributed by atoms with Crippen molar-refractivity contribution in [3.05, 3.63) is 0 Å². The first-order valence-electron chi connectivity index (χ1n) is 7.48. The predicted octanol–water partition coefficient (Wildman–Crippen LogP) is 3.13. The van der Waals surface area contributed by atoms with Crippen LogP contribution < -0.4 is 5.32 Å². The van der Waals surface area contributed by atoms with E-state index in [1.54, 1.807) is 0 Å². The Kier molecular flexibility index (Phi) is 6.50. The number of hydrogen-bond acceptors (Lipinski definition) is 2. The van der Waals surface area contributed by atoms with Crippen LogP contribution in [0, 0.1) is 11.8 Å². The van der Waals surface area contributed by atoms with Crippen LogP contribution in [0.3, 0.4) is 0 Å². The summed E-state index contributed by atoms with van der Waals surface area (Å²) >= 11 is 0. The highest BCUT2D eigenvalue weighted by Gasteiger charge is 2.25. The van der Waals surface area contributed by atoms with Crippen molar-refractivity contribution in [1.29, 1.82) is 0 Å². The topological polar surface area (TPSA) is 15.3 Å². The second-order valence-electron chi connectivity index (χ2n) is 6.49. The van der Waals surface area contributed by atoms with Crippen LogP contribution in [0.4, 0.5) is 0 Å². The lowest BCUT2D eigenvalue weighted by molar-refractivity contribution is 0.120. The lowest BCUT2D eigenvalue weighted by Crippen LogP contribution is -2.57. The zero-order chi connectivity index (χ0) is 12.8. The largest absolute Gasteiger partial charge is 0.311 e. The van der Waals surface area contributed by atoms with Crippen LogP contribution in [0.1, 0.15) is 53.9 Å². The summed E-state index contributed by atoms with van der Waals surface area (Å²) in [5.41, 5.74) is 0. The Labute approximate surface area is 108 Å². The van der Waals surface area contributed by atoms with Gasteiger partial charge in [-0.15, -0.1) is 0 Å². The number of nitrogens with zero attached hydrogens (tertiary/aromatic N) is 1. The lowest BCUT2D eigenvalue weighted by atomic mass is 9.99. The van der Waals surface area contributed by atoms with E-state index in [9.17, 15) is 0 Å². The minimum absolute atomic E-state index is 0.691. The summed E-state index contributed by atoms with van der Waals surface area (Å²) in [6, 6.07) is 1.40. The molecule has 2 atom stereocenters. The van der Waals surface area contributed by atoms with Gasteiger partial charge in [0.15, 0.2) is 0 Å². The van der Waals surface area contributed by atoms with Crippen molar-refractivity contribution in [3.8, 4) is 0 Å². The summed E-state index contributed by atoms with van der Waals surface area (Å²) in [4.78, 5) is 2.68. The fourth-order valence-corrected chi connectivity index (χ4v) is 2.57. The van der Waals surface area contributed by atoms with E-state index in [2.05, 4.69) is 44.8 Å². The van der Waals surface area contributed by atoms with Gasteiger partial charge in [-0.2, -0.15) is 0 Å². The Bertz CT molecular complexity index is 201. The highest BCUT2D eigenvalue weighted by atomic mass is 15.2. The van der Waals surface area contributed by atoms with Gasteiger partial charge in [0.05, 0.1) is 0 Å². The number of unbranched alkanes of at least 4 members (excludes halogenated alkanes) is 1. The number of rotatable bonds is 6. The highest BCUT2D eigenvalue weighted by Crippen LogP contribution is 2.14. The normalized spacial score (nSPS) is 27.0. The minimum atomic E-state index is 0.691. The average molecular weight is 240 g/mol. The highest BCUT2D eigenvalue weighted by molar-refractivity contribution is 4.85. The maximum absolute atomic E-state index is 3.67. The first kappa shape index (κ1) is 15.0. The zero-order valence-corrected chi connectivity index (χ0v) is 12.5. The van der Waals surface area contributed by atoms with Crippen LogP contribution in [0.25, 0.3) is 0 Å². The first-order valence-corrected chi connectivity index (χ1v) is 7.48. The van der Waals surface area contributed by atoms with Crippen LogP contribution in [0.15, 0.2) is 0 Å². The Morgan fingerprint density at radius 2 is 1.88 bits per heavy atom. The quantitative estimate of drug-likeness (QED) is 0.718. The van der Waals surface area contributed by atoms with Crippen molar-refractivity contribution in [2.24, 2.45) is 11.8 Å². The van der Waals surface area contributed by atoms with Crippen LogP contribution >= 0.6 is 0 Å². The monoisotopic (exact) mass is 240 g/mol. The second kappa shape index (κ2) is 7.38. The molecule has 102 valence electrons. The van der Waals surface area contributed by atoms with Crippen molar-refractivity contribution >= 4 is 0 Å². The van der Waals surface area contributed by atoms with E-state index < -0.39 is 0 Å². The van der Waals surface area contributed by atoms with Crippen molar-refractivity contribution in [2.75, 3.05) is 19.6 Å². The van der Waals surface area contributed by atoms with Crippen LogP contribution in [0.2, 0.25) is 0 Å². The van der Waals surface area contributed by atoms with Crippen LogP contribution in [0.5, 0.6) is 0 Å². The lowest BCUT2D eigenvalue weighted by Gasteiger charge is -2.40. The predicted molar refractivity (Wildman–Crippen MR) is 76.4 cm³/mol. The zero-order valence-electron chi connectivity index (χ0n) is 12.5. The molecule has 1 rings (SSSR count). The Hall–Kier alpha value is -0.0800. The third-order valence-corrected chi connectivity index (χ3v) is 4.01. The summed E-state index contributed by atoms with van der Waals surface area (Å²) in [5.74, 6) is 1.61. The molecule has 2 nitrogen and oxygen atoms in total. The molecular weight excluding hydrogens is 208 g/mol. The van der Waals surface area contributed by atoms with Crippen molar-refractivity contribution in [3.63, 3.8) is 0 Å². The standard InChI is InChI=1S/C15H32N2/c1-12(2)8-6-7-9-17-11-15(13(3)4)16-10-14(17)5/h12-16H,6-11H2,1-5H3. The molecule has 0 aliphatic carbocycles. The molecular formula is C15H32N2. The third kappa shape index (κ3) is 5.39. The van der Waals surface area contributed by atoms with Gasteiger partial charge in [0.25, 0.3) is 0 Å². The maximum atomic E-state index is 3.67. The molecule has 1 fully saturated rings. The average Bonchev–Trinajstić information content (AvgIpc) is 2.25. The maximum Gasteiger partial charge on any atom is 0.0218 e. The van der Waals surface area contributed by atoms with Crippen molar-refractivity contribution in [1.82, 2.24) is 10.2 Å². The van der Waals surface area contributed by atoms with Gasteiger partial charge in [-0.05, 0) is 31.7 Å². The van der Waals surface area contributed by atoms with E-state index in [1.807, 2.05) is 0 Å². The summed E-state index contributed by atoms with van der Waals surface area (Å²) in [6.45, 7) is 15.3. The molecule has 0 aromatic carbocycles. The smallest absolute Gasteiger partial charge is 0.0218 e. The van der Waals surface area contributed by atoms with Crippen molar-refractivity contribution in [2.45, 2.75) is 66.0 Å². The van der Waals surface area contributed by atoms with Gasteiger partial charge in [0, 0.05) is 25.2 Å². The second-order valence-corrected chi connectivity index (χ2v) is 6.49. The summed E-state index contributed by atoms with van der Waals surface area (Å²) in [6.07, 6.45) is 4.14. The van der Waals surface area contributed by atoms with E-state index in [1.165, 1.54) is 32.4 Å². The summed E-state index contributed by atoms with van der Waals surface area (Å²) in [7, 11) is 0. The van der Waals surface area contributed by atoms with E-state index in [0.29, 0.717) is 12.1 Å². The van der Waals surface area contributed by atoms with Gasteiger partial charge >= 0.3 is 0 Å². The molecule has 2 unspecified atom stereocenters. The molecule has 0 bridgehead atoms. The molecule has 2 heteroatoms. The SMILES string of the molecule is CC(C)CCCCN1CC(C(C)C)NCC1C. The molecule has 1 aliphatic heterocycles. The fourth-order valence-electron chi connectivity index (χ4n) is 2.57. The molecule has 0 amide bonds. The van der Waals surface area contributed by atoms with E-state index in [-0.39, 0.29) is 0 Å². The molecule has 1 heterocycles. The first-order chi connectivity index (χ1) is 8.00. The van der Waals surface area contributed by atoms with Crippen LogP contribution in [-0.4, -0.2) is 36.6 Å². The molecule has 0 saturated carbocycles. The number of piperazine rings is 1. The fraction of sp³-hybridized carbons (Fsp3) is 1.00. The molecule has 1 aliphatic rings. The van der Waals surface area contributed by atoms with E-state index >= 15 is 0 Å². The number of nitrogens with one attached hydrogen (secondary N) is 1. The Morgan fingerprint density at radius 3 is 2.47 bits per heavy atom. The van der Waals surface area contributed by atoms with Gasteiger partial charge in [0.1, 0.15) is 0 Å². The van der Waals surface area contributed by atoms with Gasteiger partial charge in [-0.25, -0.2) is 0 Å². The molecule has 0 spiro atoms. The molecule has 0 aromatic heterocycles. The molecule has 1 saturated heterocycles. The van der Waals surface area contributed by atoms with Gasteiger partial charge in [-0.1, -0.05) is 40.5 Å². The van der Waals surface area contributed by atoms with Gasteiger partial charge in [0.2, 0.25) is 0 Å². The summed E-state index contributed by atoms with van der Waals surface area (Å²) in [5, 5.41) is 3.67. The summed E-state index contributed by atoms with van der Waals surface area (Å²) < 4.78 is 0. The van der Waals surface area contributed by atoms with Gasteiger partial charge < -0.3 is 5.32 Å². The molecule has 17 heavy (non-hydrogen) atoms. The van der Waals surface area contributed by atoms with Gasteiger partial charge in [-0.3, -0.25) is 4.90 Å². The van der Waals surface area contributed by atoms with E-state index in [0.717, 1.165) is 18.4 Å². The molecule has 1 N–H and O–H groups in total. The Morgan fingerprint density at radius 1 is 1.18 bits per heavy atom. The van der Waals surface area contributed by atoms with E-state index in [4.69, 9.17) is 0 Å². The van der Waals surface area contributed by atoms with Crippen molar-refractivity contribution < 1.29 is 0 Å². The Balaban J connectivity index is 2.25. The molecule has 0 radical (unpaired) electrons. The van der Waals surface area contributed by atoms with Crippen LogP contribution in [-0.2, 0) is 0 Å². The molecule has 0 aromatic rings. The third-order valence-electron chi connectivity index (χ3n) is 4.01. The minimum Gasteiger partial charge on any atom is -0.311 e. The number of hydrogen-bond donors (Lipinski definition) is 1.